The summed E-state index contributed by atoms with van der Waals surface area (Å²) in [5, 5.41) is 10.6. The van der Waals surface area contributed by atoms with Crippen molar-refractivity contribution in [1.29, 1.82) is 0 Å². The van der Waals surface area contributed by atoms with Crippen LogP contribution in [0.5, 0.6) is 0 Å². The van der Waals surface area contributed by atoms with Crippen molar-refractivity contribution in [1.82, 2.24) is 15.5 Å². The van der Waals surface area contributed by atoms with E-state index in [0.29, 0.717) is 12.2 Å². The zero-order valence-corrected chi connectivity index (χ0v) is 10.6. The van der Waals surface area contributed by atoms with E-state index < -0.39 is 12.7 Å². The molecule has 1 heterocycles. The van der Waals surface area contributed by atoms with Crippen LogP contribution >= 0.6 is 0 Å². The fraction of sp³-hybridized carbons (Fsp3) is 0.636. The average Bonchev–Trinajstić information content (AvgIpc) is 2.26. The Morgan fingerprint density at radius 1 is 1.28 bits per heavy atom. The van der Waals surface area contributed by atoms with E-state index in [-0.39, 0.29) is 11.9 Å². The van der Waals surface area contributed by atoms with Gasteiger partial charge in [-0.15, -0.1) is 5.10 Å². The Morgan fingerprint density at radius 3 is 2.33 bits per heavy atom. The Morgan fingerprint density at radius 2 is 1.94 bits per heavy atom. The lowest BCUT2D eigenvalue weighted by Crippen LogP contribution is -2.39. The van der Waals surface area contributed by atoms with E-state index in [1.807, 2.05) is 0 Å². The maximum absolute atomic E-state index is 12.5. The summed E-state index contributed by atoms with van der Waals surface area (Å²) in [5.41, 5.74) is 0.692. The van der Waals surface area contributed by atoms with E-state index in [4.69, 9.17) is 0 Å². The minimum absolute atomic E-state index is 0.238. The predicted octanol–water partition coefficient (Wildman–Crippen LogP) is 1.97. The Hall–Kier alpha value is -1.37. The van der Waals surface area contributed by atoms with E-state index in [2.05, 4.69) is 15.5 Å². The summed E-state index contributed by atoms with van der Waals surface area (Å²) >= 11 is 0. The molecule has 1 aromatic rings. The minimum Gasteiger partial charge on any atom is -0.344 e. The third kappa shape index (κ3) is 4.48. The van der Waals surface area contributed by atoms with Gasteiger partial charge in [-0.3, -0.25) is 0 Å². The molecule has 0 aliphatic carbocycles. The highest BCUT2D eigenvalue weighted by Crippen LogP contribution is 2.22. The maximum Gasteiger partial charge on any atom is 0.405 e. The van der Waals surface area contributed by atoms with Crippen molar-refractivity contribution >= 4 is 5.82 Å². The molecular weight excluding hydrogens is 245 g/mol. The van der Waals surface area contributed by atoms with Gasteiger partial charge in [0.2, 0.25) is 0 Å². The molecule has 18 heavy (non-hydrogen) atoms. The topological polar surface area (TPSA) is 41.0 Å². The Bertz CT molecular complexity index is 362. The number of anilines is 1. The molecule has 0 atom stereocenters. The molecule has 0 saturated heterocycles. The third-order valence-corrected chi connectivity index (χ3v) is 2.33. The first-order chi connectivity index (χ1) is 8.33. The fourth-order valence-electron chi connectivity index (χ4n) is 1.50. The Balaban J connectivity index is 2.86. The molecule has 0 saturated carbocycles. The SMILES string of the molecule is CNCc1ccc(N(CC(F)(F)F)C(C)C)nn1. The zero-order valence-electron chi connectivity index (χ0n) is 10.6. The van der Waals surface area contributed by atoms with E-state index in [0.717, 1.165) is 0 Å². The highest BCUT2D eigenvalue weighted by atomic mass is 19.4. The second-order valence-corrected chi connectivity index (χ2v) is 4.25. The van der Waals surface area contributed by atoms with Crippen molar-refractivity contribution < 1.29 is 13.2 Å². The number of rotatable bonds is 5. The fourth-order valence-corrected chi connectivity index (χ4v) is 1.50. The van der Waals surface area contributed by atoms with Gasteiger partial charge < -0.3 is 10.2 Å². The summed E-state index contributed by atoms with van der Waals surface area (Å²) in [4.78, 5) is 1.18. The average molecular weight is 262 g/mol. The highest BCUT2D eigenvalue weighted by molar-refractivity contribution is 5.38. The molecule has 0 spiro atoms. The Kier molecular flexibility index (Phi) is 4.89. The molecule has 0 radical (unpaired) electrons. The van der Waals surface area contributed by atoms with E-state index in [9.17, 15) is 13.2 Å². The summed E-state index contributed by atoms with van der Waals surface area (Å²) in [6, 6.07) is 2.94. The van der Waals surface area contributed by atoms with Gasteiger partial charge in [0.05, 0.1) is 5.69 Å². The maximum atomic E-state index is 12.5. The van der Waals surface area contributed by atoms with Gasteiger partial charge in [-0.25, -0.2) is 0 Å². The highest BCUT2D eigenvalue weighted by Gasteiger charge is 2.32. The van der Waals surface area contributed by atoms with Crippen LogP contribution < -0.4 is 10.2 Å². The van der Waals surface area contributed by atoms with Crippen LogP contribution in [0, 0.1) is 0 Å². The van der Waals surface area contributed by atoms with Gasteiger partial charge in [0, 0.05) is 12.6 Å². The molecule has 4 nitrogen and oxygen atoms in total. The first-order valence-corrected chi connectivity index (χ1v) is 5.64. The van der Waals surface area contributed by atoms with Crippen LogP contribution in [-0.2, 0) is 6.54 Å². The number of nitrogens with one attached hydrogen (secondary N) is 1. The molecular formula is C11H17F3N4. The third-order valence-electron chi connectivity index (χ3n) is 2.33. The summed E-state index contributed by atoms with van der Waals surface area (Å²) in [5.74, 6) is 0.238. The Labute approximate surface area is 104 Å². The lowest BCUT2D eigenvalue weighted by Gasteiger charge is -2.28. The molecule has 0 fully saturated rings. The van der Waals surface area contributed by atoms with Crippen LogP contribution in [0.25, 0.3) is 0 Å². The number of alkyl halides is 3. The van der Waals surface area contributed by atoms with Gasteiger partial charge in [-0.05, 0) is 33.0 Å². The van der Waals surface area contributed by atoms with Crippen molar-refractivity contribution in [2.24, 2.45) is 0 Å². The summed E-state index contributed by atoms with van der Waals surface area (Å²) in [6.07, 6.45) is -4.25. The van der Waals surface area contributed by atoms with E-state index in [1.165, 1.54) is 4.90 Å². The number of halogens is 3. The van der Waals surface area contributed by atoms with Crippen LogP contribution in [-0.4, -0.2) is 36.0 Å². The second kappa shape index (κ2) is 5.99. The molecule has 0 aliphatic rings. The van der Waals surface area contributed by atoms with Crippen molar-refractivity contribution in [2.45, 2.75) is 32.6 Å². The van der Waals surface area contributed by atoms with Crippen LogP contribution in [0.15, 0.2) is 12.1 Å². The zero-order chi connectivity index (χ0) is 13.8. The summed E-state index contributed by atoms with van der Waals surface area (Å²) in [6.45, 7) is 2.89. The molecule has 1 N–H and O–H groups in total. The van der Waals surface area contributed by atoms with Crippen LogP contribution in [0.3, 0.4) is 0 Å². The molecule has 0 aliphatic heterocycles. The lowest BCUT2D eigenvalue weighted by atomic mass is 10.3. The quantitative estimate of drug-likeness (QED) is 0.881. The molecule has 0 bridgehead atoms. The monoisotopic (exact) mass is 262 g/mol. The largest absolute Gasteiger partial charge is 0.405 e. The molecule has 0 aromatic carbocycles. The summed E-state index contributed by atoms with van der Waals surface area (Å²) < 4.78 is 37.4. The second-order valence-electron chi connectivity index (χ2n) is 4.25. The number of aromatic nitrogens is 2. The van der Waals surface area contributed by atoms with Crippen molar-refractivity contribution in [2.75, 3.05) is 18.5 Å². The molecule has 7 heteroatoms. The van der Waals surface area contributed by atoms with Crippen molar-refractivity contribution in [3.8, 4) is 0 Å². The van der Waals surface area contributed by atoms with Gasteiger partial charge in [0.1, 0.15) is 6.54 Å². The molecule has 0 unspecified atom stereocenters. The van der Waals surface area contributed by atoms with E-state index in [1.54, 1.807) is 33.0 Å². The van der Waals surface area contributed by atoms with E-state index >= 15 is 0 Å². The van der Waals surface area contributed by atoms with Gasteiger partial charge in [-0.2, -0.15) is 18.3 Å². The minimum atomic E-state index is -4.25. The summed E-state index contributed by atoms with van der Waals surface area (Å²) in [7, 11) is 1.76. The van der Waals surface area contributed by atoms with Crippen LogP contribution in [0.2, 0.25) is 0 Å². The van der Waals surface area contributed by atoms with Crippen LogP contribution in [0.1, 0.15) is 19.5 Å². The number of hydrogen-bond donors (Lipinski definition) is 1. The van der Waals surface area contributed by atoms with Gasteiger partial charge >= 0.3 is 6.18 Å². The van der Waals surface area contributed by atoms with Crippen molar-refractivity contribution in [3.63, 3.8) is 0 Å². The predicted molar refractivity (Wildman–Crippen MR) is 63.3 cm³/mol. The first kappa shape index (κ1) is 14.7. The molecule has 0 amide bonds. The van der Waals surface area contributed by atoms with Crippen LogP contribution in [0.4, 0.5) is 19.0 Å². The normalized spacial score (nSPS) is 11.9. The smallest absolute Gasteiger partial charge is 0.344 e. The van der Waals surface area contributed by atoms with Gasteiger partial charge in [0.15, 0.2) is 5.82 Å². The molecule has 1 rings (SSSR count). The van der Waals surface area contributed by atoms with Gasteiger partial charge in [0.25, 0.3) is 0 Å². The van der Waals surface area contributed by atoms with Crippen molar-refractivity contribution in [3.05, 3.63) is 17.8 Å². The lowest BCUT2D eigenvalue weighted by molar-refractivity contribution is -0.120. The first-order valence-electron chi connectivity index (χ1n) is 5.64. The van der Waals surface area contributed by atoms with Gasteiger partial charge in [-0.1, -0.05) is 0 Å². The number of hydrogen-bond acceptors (Lipinski definition) is 4. The molecule has 102 valence electrons. The number of nitrogens with zero attached hydrogens (tertiary/aromatic N) is 3. The standard InChI is InChI=1S/C11H17F3N4/c1-8(2)18(7-11(12,13)14)10-5-4-9(6-15-3)16-17-10/h4-5,8,15H,6-7H2,1-3H3. The molecule has 1 aromatic heterocycles.